The number of anilines is 2. The summed E-state index contributed by atoms with van der Waals surface area (Å²) in [5, 5.41) is 11.3. The van der Waals surface area contributed by atoms with Gasteiger partial charge in [0.25, 0.3) is 0 Å². The molecule has 1 aromatic heterocycles. The molecule has 3 aromatic rings. The van der Waals surface area contributed by atoms with Gasteiger partial charge in [0.1, 0.15) is 12.4 Å². The zero-order chi connectivity index (χ0) is 27.2. The van der Waals surface area contributed by atoms with Gasteiger partial charge in [-0.1, -0.05) is 46.2 Å². The molecule has 0 unspecified atom stereocenters. The third-order valence-corrected chi connectivity index (χ3v) is 6.75. The van der Waals surface area contributed by atoms with Crippen LogP contribution in [0.4, 0.5) is 16.3 Å². The van der Waals surface area contributed by atoms with Crippen molar-refractivity contribution in [2.75, 3.05) is 30.0 Å². The van der Waals surface area contributed by atoms with Gasteiger partial charge < -0.3 is 15.5 Å². The molecule has 0 aliphatic heterocycles. The van der Waals surface area contributed by atoms with E-state index in [9.17, 15) is 9.59 Å². The summed E-state index contributed by atoms with van der Waals surface area (Å²) in [7, 11) is 0. The van der Waals surface area contributed by atoms with Gasteiger partial charge in [0.2, 0.25) is 5.91 Å². The minimum Gasteiger partial charge on any atom is -0.315 e. The van der Waals surface area contributed by atoms with Gasteiger partial charge >= 0.3 is 6.03 Å². The fourth-order valence-corrected chi connectivity index (χ4v) is 4.05. The third kappa shape index (κ3) is 8.27. The summed E-state index contributed by atoms with van der Waals surface area (Å²) < 4.78 is 1.70. The molecule has 0 fully saturated rings. The number of amides is 3. The number of nitrogens with one attached hydrogen (secondary N) is 2. The molecule has 9 heteroatoms. The molecule has 37 heavy (non-hydrogen) atoms. The number of nitrogens with zero attached hydrogens (tertiary/aromatic N) is 3. The van der Waals surface area contributed by atoms with Crippen molar-refractivity contribution in [2.45, 2.75) is 51.3 Å². The van der Waals surface area contributed by atoms with Crippen LogP contribution in [0.1, 0.15) is 46.7 Å². The normalized spacial score (nSPS) is 11.5. The fourth-order valence-electron chi connectivity index (χ4n) is 3.51. The van der Waals surface area contributed by atoms with E-state index in [1.54, 1.807) is 33.5 Å². The summed E-state index contributed by atoms with van der Waals surface area (Å²) in [6, 6.07) is 16.5. The molecule has 0 bridgehead atoms. The van der Waals surface area contributed by atoms with Gasteiger partial charge in [-0.05, 0) is 67.1 Å². The maximum atomic E-state index is 13.2. The first kappa shape index (κ1) is 28.6. The topological polar surface area (TPSA) is 79.3 Å². The van der Waals surface area contributed by atoms with E-state index in [4.69, 9.17) is 16.7 Å². The summed E-state index contributed by atoms with van der Waals surface area (Å²) in [6.45, 7) is 10.8. The van der Waals surface area contributed by atoms with Gasteiger partial charge in [0.15, 0.2) is 0 Å². The number of carbonyl (C=O) groups excluding carboxylic acids is 2. The summed E-state index contributed by atoms with van der Waals surface area (Å²) in [6.07, 6.45) is 2.78. The molecule has 3 amide bonds. The van der Waals surface area contributed by atoms with Crippen molar-refractivity contribution in [3.8, 4) is 5.69 Å². The molecule has 0 aliphatic carbocycles. The van der Waals surface area contributed by atoms with E-state index >= 15 is 0 Å². The van der Waals surface area contributed by atoms with E-state index in [-0.39, 0.29) is 23.9 Å². The average Bonchev–Trinajstić information content (AvgIpc) is 3.26. The Balaban J connectivity index is 1.79. The Labute approximate surface area is 229 Å². The minimum absolute atomic E-state index is 0.0852. The largest absolute Gasteiger partial charge is 0.322 e. The lowest BCUT2D eigenvalue weighted by Gasteiger charge is -2.23. The summed E-state index contributed by atoms with van der Waals surface area (Å²) >= 11 is 7.71. The van der Waals surface area contributed by atoms with E-state index in [0.29, 0.717) is 29.0 Å². The van der Waals surface area contributed by atoms with Crippen LogP contribution < -0.4 is 10.6 Å². The summed E-state index contributed by atoms with van der Waals surface area (Å²) in [4.78, 5) is 29.0. The summed E-state index contributed by atoms with van der Waals surface area (Å²) in [5.74, 6) is 0.626. The zero-order valence-corrected chi connectivity index (χ0v) is 23.9. The number of hydrogen-bond donors (Lipinski definition) is 2. The number of urea groups is 1. The molecule has 3 rings (SSSR count). The Bertz CT molecular complexity index is 1200. The van der Waals surface area contributed by atoms with Crippen molar-refractivity contribution < 1.29 is 9.59 Å². The quantitative estimate of drug-likeness (QED) is 0.284. The van der Waals surface area contributed by atoms with Crippen LogP contribution in [0.15, 0.2) is 59.5 Å². The first-order valence-corrected chi connectivity index (χ1v) is 13.9. The van der Waals surface area contributed by atoms with Gasteiger partial charge in [-0.25, -0.2) is 9.48 Å². The molecule has 0 aliphatic rings. The van der Waals surface area contributed by atoms with Crippen LogP contribution in [0.25, 0.3) is 5.69 Å². The highest BCUT2D eigenvalue weighted by Gasteiger charge is 2.23. The molecule has 1 heterocycles. The lowest BCUT2D eigenvalue weighted by molar-refractivity contribution is -0.116. The standard InChI is InChI=1S/C28H36ClN5O2S/c1-19(2)15-16-33(27(36)30-21-9-13-23(37-6)14-10-21)18-26(35)31-25-17-24(28(3,4)5)32-34(25)22-11-7-20(29)8-12-22/h7-14,17,19H,15-16,18H2,1-6H3,(H,30,36)(H,31,35). The number of thioether (sulfide) groups is 1. The highest BCUT2D eigenvalue weighted by molar-refractivity contribution is 7.98. The number of carbonyl (C=O) groups is 2. The van der Waals surface area contributed by atoms with Crippen molar-refractivity contribution >= 4 is 46.8 Å². The first-order chi connectivity index (χ1) is 17.5. The molecule has 2 aromatic carbocycles. The van der Waals surface area contributed by atoms with Crippen LogP contribution in [-0.4, -0.2) is 46.0 Å². The van der Waals surface area contributed by atoms with E-state index in [2.05, 4.69) is 45.3 Å². The first-order valence-electron chi connectivity index (χ1n) is 12.3. The van der Waals surface area contributed by atoms with Gasteiger partial charge in [-0.3, -0.25) is 4.79 Å². The second-order valence-electron chi connectivity index (χ2n) is 10.4. The van der Waals surface area contributed by atoms with Crippen molar-refractivity contribution in [1.29, 1.82) is 0 Å². The summed E-state index contributed by atoms with van der Waals surface area (Å²) in [5.41, 5.74) is 2.08. The van der Waals surface area contributed by atoms with Gasteiger partial charge in [-0.2, -0.15) is 5.10 Å². The number of benzene rings is 2. The van der Waals surface area contributed by atoms with Gasteiger partial charge in [-0.15, -0.1) is 11.8 Å². The molecule has 0 spiro atoms. The fraction of sp³-hybridized carbons (Fsp3) is 0.393. The third-order valence-electron chi connectivity index (χ3n) is 5.76. The lowest BCUT2D eigenvalue weighted by atomic mass is 9.92. The maximum absolute atomic E-state index is 13.2. The SMILES string of the molecule is CSc1ccc(NC(=O)N(CCC(C)C)CC(=O)Nc2cc(C(C)(C)C)nn2-c2ccc(Cl)cc2)cc1. The molecule has 7 nitrogen and oxygen atoms in total. The second kappa shape index (κ2) is 12.5. The number of hydrogen-bond acceptors (Lipinski definition) is 4. The zero-order valence-electron chi connectivity index (χ0n) is 22.3. The highest BCUT2D eigenvalue weighted by Crippen LogP contribution is 2.27. The van der Waals surface area contributed by atoms with Crippen molar-refractivity contribution in [3.63, 3.8) is 0 Å². The minimum atomic E-state index is -0.311. The smallest absolute Gasteiger partial charge is 0.315 e. The molecule has 0 saturated heterocycles. The number of rotatable bonds is 9. The van der Waals surface area contributed by atoms with Crippen LogP contribution in [0.5, 0.6) is 0 Å². The van der Waals surface area contributed by atoms with Crippen LogP contribution >= 0.6 is 23.4 Å². The Kier molecular flexibility index (Phi) is 9.68. The highest BCUT2D eigenvalue weighted by atomic mass is 35.5. The van der Waals surface area contributed by atoms with Crippen molar-refractivity contribution in [2.24, 2.45) is 5.92 Å². The number of halogens is 1. The Hall–Kier alpha value is -2.97. The Morgan fingerprint density at radius 1 is 1.05 bits per heavy atom. The molecule has 0 atom stereocenters. The van der Waals surface area contributed by atoms with E-state index in [1.807, 2.05) is 48.7 Å². The molecule has 0 saturated carbocycles. The van der Waals surface area contributed by atoms with Crippen molar-refractivity contribution in [1.82, 2.24) is 14.7 Å². The maximum Gasteiger partial charge on any atom is 0.322 e. The molecular formula is C28H36ClN5O2S. The predicted octanol–water partition coefficient (Wildman–Crippen LogP) is 7.06. The Morgan fingerprint density at radius 3 is 2.27 bits per heavy atom. The molecule has 2 N–H and O–H groups in total. The monoisotopic (exact) mass is 541 g/mol. The van der Waals surface area contributed by atoms with Gasteiger partial charge in [0, 0.05) is 33.6 Å². The van der Waals surface area contributed by atoms with Gasteiger partial charge in [0.05, 0.1) is 11.4 Å². The molecule has 198 valence electrons. The second-order valence-corrected chi connectivity index (χ2v) is 11.7. The van der Waals surface area contributed by atoms with E-state index < -0.39 is 0 Å². The van der Waals surface area contributed by atoms with Crippen LogP contribution in [0.2, 0.25) is 5.02 Å². The van der Waals surface area contributed by atoms with Crippen molar-refractivity contribution in [3.05, 3.63) is 65.3 Å². The molecule has 0 radical (unpaired) electrons. The molecular weight excluding hydrogens is 506 g/mol. The van der Waals surface area contributed by atoms with Crippen LogP contribution in [0.3, 0.4) is 0 Å². The van der Waals surface area contributed by atoms with E-state index in [0.717, 1.165) is 22.7 Å². The van der Waals surface area contributed by atoms with Crippen LogP contribution in [-0.2, 0) is 10.2 Å². The Morgan fingerprint density at radius 2 is 1.70 bits per heavy atom. The average molecular weight is 542 g/mol. The van der Waals surface area contributed by atoms with Crippen LogP contribution in [0, 0.1) is 5.92 Å². The number of aromatic nitrogens is 2. The van der Waals surface area contributed by atoms with E-state index in [1.165, 1.54) is 0 Å². The lowest BCUT2D eigenvalue weighted by Crippen LogP contribution is -2.41. The predicted molar refractivity (Wildman–Crippen MR) is 154 cm³/mol.